The topological polar surface area (TPSA) is 38.1 Å². The van der Waals surface area contributed by atoms with E-state index in [0.717, 1.165) is 37.7 Å². The molecule has 3 fully saturated rings. The number of carbonyl (C=O) groups excluding carboxylic acids is 1. The standard InChI is InChI=1S/C18H27N3O/c1-20-8-6-19-17(20)11-14-3-2-7-21(12-14)18(22)16-10-13-4-5-15(16)9-13/h6,8,13-16H,2-5,7,9-12H2,1H3/t13-,14+,15-,16-/m0/s1. The lowest BCUT2D eigenvalue weighted by Gasteiger charge is -2.36. The summed E-state index contributed by atoms with van der Waals surface area (Å²) in [6, 6.07) is 0. The number of piperidine rings is 1. The molecule has 120 valence electrons. The summed E-state index contributed by atoms with van der Waals surface area (Å²) in [6.45, 7) is 1.92. The summed E-state index contributed by atoms with van der Waals surface area (Å²) in [6.07, 6.45) is 12.4. The molecule has 4 atom stereocenters. The van der Waals surface area contributed by atoms with Crippen LogP contribution in [0, 0.1) is 23.7 Å². The van der Waals surface area contributed by atoms with Crippen LogP contribution in [0.1, 0.15) is 44.3 Å². The van der Waals surface area contributed by atoms with E-state index in [4.69, 9.17) is 0 Å². The molecular formula is C18H27N3O. The van der Waals surface area contributed by atoms with E-state index in [1.54, 1.807) is 0 Å². The van der Waals surface area contributed by atoms with Crippen LogP contribution < -0.4 is 0 Å². The highest BCUT2D eigenvalue weighted by atomic mass is 16.2. The maximum atomic E-state index is 12.9. The van der Waals surface area contributed by atoms with Gasteiger partial charge in [0.2, 0.25) is 5.91 Å². The zero-order valence-electron chi connectivity index (χ0n) is 13.6. The first kappa shape index (κ1) is 14.3. The van der Waals surface area contributed by atoms with Crippen LogP contribution in [0.3, 0.4) is 0 Å². The van der Waals surface area contributed by atoms with Crippen LogP contribution in [-0.2, 0) is 18.3 Å². The molecule has 0 unspecified atom stereocenters. The van der Waals surface area contributed by atoms with Crippen LogP contribution in [0.4, 0.5) is 0 Å². The third-order valence-electron chi connectivity index (χ3n) is 6.28. The van der Waals surface area contributed by atoms with Gasteiger partial charge in [-0.3, -0.25) is 4.79 Å². The molecule has 0 N–H and O–H groups in total. The molecule has 1 aromatic rings. The fourth-order valence-electron chi connectivity index (χ4n) is 5.06. The monoisotopic (exact) mass is 301 g/mol. The highest BCUT2D eigenvalue weighted by Crippen LogP contribution is 2.49. The van der Waals surface area contributed by atoms with Crippen LogP contribution in [0.15, 0.2) is 12.4 Å². The summed E-state index contributed by atoms with van der Waals surface area (Å²) in [5, 5.41) is 0. The van der Waals surface area contributed by atoms with Gasteiger partial charge in [0.25, 0.3) is 0 Å². The molecule has 22 heavy (non-hydrogen) atoms. The van der Waals surface area contributed by atoms with Crippen LogP contribution in [0.25, 0.3) is 0 Å². The molecular weight excluding hydrogens is 274 g/mol. The average Bonchev–Trinajstić information content (AvgIpc) is 3.25. The predicted molar refractivity (Wildman–Crippen MR) is 85.2 cm³/mol. The lowest BCUT2D eigenvalue weighted by molar-refractivity contribution is -0.139. The predicted octanol–water partition coefficient (Wildman–Crippen LogP) is 2.64. The van der Waals surface area contributed by atoms with Crippen molar-refractivity contribution >= 4 is 5.91 Å². The van der Waals surface area contributed by atoms with Crippen molar-refractivity contribution in [3.05, 3.63) is 18.2 Å². The highest BCUT2D eigenvalue weighted by molar-refractivity contribution is 5.79. The van der Waals surface area contributed by atoms with Crippen molar-refractivity contribution in [3.8, 4) is 0 Å². The molecule has 3 aliphatic rings. The molecule has 2 heterocycles. The van der Waals surface area contributed by atoms with Crippen molar-refractivity contribution < 1.29 is 4.79 Å². The molecule has 0 radical (unpaired) electrons. The van der Waals surface area contributed by atoms with E-state index in [1.165, 1.54) is 32.1 Å². The van der Waals surface area contributed by atoms with Crippen LogP contribution in [0.5, 0.6) is 0 Å². The average molecular weight is 301 g/mol. The minimum atomic E-state index is 0.352. The molecule has 0 aromatic carbocycles. The maximum Gasteiger partial charge on any atom is 0.225 e. The third kappa shape index (κ3) is 2.57. The molecule has 4 nitrogen and oxygen atoms in total. The van der Waals surface area contributed by atoms with Crippen LogP contribution in [0.2, 0.25) is 0 Å². The molecule has 2 aliphatic carbocycles. The number of amides is 1. The number of hydrogen-bond acceptors (Lipinski definition) is 2. The van der Waals surface area contributed by atoms with Gasteiger partial charge in [-0.05, 0) is 49.9 Å². The first-order valence-electron chi connectivity index (χ1n) is 8.95. The highest BCUT2D eigenvalue weighted by Gasteiger charge is 2.44. The largest absolute Gasteiger partial charge is 0.342 e. The summed E-state index contributed by atoms with van der Waals surface area (Å²) in [7, 11) is 2.06. The van der Waals surface area contributed by atoms with Gasteiger partial charge in [0.15, 0.2) is 0 Å². The molecule has 1 amide bonds. The first-order chi connectivity index (χ1) is 10.7. The summed E-state index contributed by atoms with van der Waals surface area (Å²) >= 11 is 0. The molecule has 4 heteroatoms. The fourth-order valence-corrected chi connectivity index (χ4v) is 5.06. The first-order valence-corrected chi connectivity index (χ1v) is 8.95. The Balaban J connectivity index is 1.38. The number of aromatic nitrogens is 2. The SMILES string of the molecule is Cn1ccnc1C[C@H]1CCCN(C(=O)[C@H]2C[C@H]3CC[C@H]2C3)C1. The van der Waals surface area contributed by atoms with Gasteiger partial charge < -0.3 is 9.47 Å². The quantitative estimate of drug-likeness (QED) is 0.861. The van der Waals surface area contributed by atoms with Crippen molar-refractivity contribution in [2.24, 2.45) is 30.7 Å². The van der Waals surface area contributed by atoms with Gasteiger partial charge in [-0.2, -0.15) is 0 Å². The lowest BCUT2D eigenvalue weighted by atomic mass is 9.86. The Kier molecular flexibility index (Phi) is 3.71. The summed E-state index contributed by atoms with van der Waals surface area (Å²) in [4.78, 5) is 19.5. The van der Waals surface area contributed by atoms with Crippen molar-refractivity contribution in [2.75, 3.05) is 13.1 Å². The summed E-state index contributed by atoms with van der Waals surface area (Å²) in [5.74, 6) is 4.11. The Morgan fingerprint density at radius 2 is 2.23 bits per heavy atom. The van der Waals surface area contributed by atoms with Crippen molar-refractivity contribution in [1.82, 2.24) is 14.5 Å². The Bertz CT molecular complexity index is 552. The number of rotatable bonds is 3. The number of likely N-dealkylation sites (tertiary alicyclic amines) is 1. The van der Waals surface area contributed by atoms with Gasteiger partial charge in [-0.1, -0.05) is 6.42 Å². The van der Waals surface area contributed by atoms with E-state index in [0.29, 0.717) is 23.7 Å². The molecule has 1 aromatic heterocycles. The Morgan fingerprint density at radius 1 is 1.32 bits per heavy atom. The second-order valence-electron chi connectivity index (χ2n) is 7.73. The molecule has 0 spiro atoms. The maximum absolute atomic E-state index is 12.9. The van der Waals surface area contributed by atoms with E-state index in [-0.39, 0.29) is 0 Å². The number of hydrogen-bond donors (Lipinski definition) is 0. The Morgan fingerprint density at radius 3 is 2.91 bits per heavy atom. The van der Waals surface area contributed by atoms with E-state index < -0.39 is 0 Å². The zero-order valence-corrected chi connectivity index (χ0v) is 13.6. The van der Waals surface area contributed by atoms with E-state index in [2.05, 4.69) is 21.5 Å². The molecule has 1 aliphatic heterocycles. The number of imidazole rings is 1. The summed E-state index contributed by atoms with van der Waals surface area (Å²) in [5.41, 5.74) is 0. The second-order valence-corrected chi connectivity index (χ2v) is 7.73. The molecule has 1 saturated heterocycles. The molecule has 2 bridgehead atoms. The van der Waals surface area contributed by atoms with Gasteiger partial charge in [0, 0.05) is 44.9 Å². The van der Waals surface area contributed by atoms with E-state index in [9.17, 15) is 4.79 Å². The summed E-state index contributed by atoms with van der Waals surface area (Å²) < 4.78 is 2.11. The fraction of sp³-hybridized carbons (Fsp3) is 0.778. The van der Waals surface area contributed by atoms with Gasteiger partial charge in [-0.25, -0.2) is 4.98 Å². The minimum absolute atomic E-state index is 0.352. The van der Waals surface area contributed by atoms with Crippen LogP contribution in [-0.4, -0.2) is 33.4 Å². The molecule has 4 rings (SSSR count). The number of nitrogens with zero attached hydrogens (tertiary/aromatic N) is 3. The minimum Gasteiger partial charge on any atom is -0.342 e. The van der Waals surface area contributed by atoms with Gasteiger partial charge >= 0.3 is 0 Å². The van der Waals surface area contributed by atoms with E-state index in [1.807, 2.05) is 12.4 Å². The smallest absolute Gasteiger partial charge is 0.225 e. The van der Waals surface area contributed by atoms with E-state index >= 15 is 0 Å². The van der Waals surface area contributed by atoms with Crippen molar-refractivity contribution in [1.29, 1.82) is 0 Å². The Labute approximate surface area is 132 Å². The second kappa shape index (κ2) is 5.71. The van der Waals surface area contributed by atoms with Gasteiger partial charge in [0.1, 0.15) is 5.82 Å². The van der Waals surface area contributed by atoms with Crippen molar-refractivity contribution in [3.63, 3.8) is 0 Å². The number of carbonyl (C=O) groups is 1. The number of aryl methyl sites for hydroxylation is 1. The zero-order chi connectivity index (χ0) is 15.1. The Hall–Kier alpha value is -1.32. The number of fused-ring (bicyclic) bond motifs is 2. The van der Waals surface area contributed by atoms with Crippen molar-refractivity contribution in [2.45, 2.75) is 44.9 Å². The van der Waals surface area contributed by atoms with Gasteiger partial charge in [0.05, 0.1) is 0 Å². The lowest BCUT2D eigenvalue weighted by Crippen LogP contribution is -2.44. The third-order valence-corrected chi connectivity index (χ3v) is 6.28. The molecule has 2 saturated carbocycles. The van der Waals surface area contributed by atoms with Crippen LogP contribution >= 0.6 is 0 Å². The van der Waals surface area contributed by atoms with Gasteiger partial charge in [-0.15, -0.1) is 0 Å². The normalized spacial score (nSPS) is 34.3.